The molecule has 0 fully saturated rings. The number of ether oxygens (including phenoxy) is 1. The number of hydrogen-bond acceptors (Lipinski definition) is 7. The molecule has 0 amide bonds. The third-order valence-electron chi connectivity index (χ3n) is 3.19. The second-order valence-corrected chi connectivity index (χ2v) is 4.75. The molecule has 2 aromatic carbocycles. The van der Waals surface area contributed by atoms with Crippen molar-refractivity contribution < 1.29 is 19.4 Å². The molecule has 0 aliphatic rings. The van der Waals surface area contributed by atoms with Gasteiger partial charge in [0.2, 0.25) is 0 Å². The summed E-state index contributed by atoms with van der Waals surface area (Å²) in [6, 6.07) is 16.0. The molecule has 0 bridgehead atoms. The molecule has 0 saturated carbocycles. The fourth-order valence-corrected chi connectivity index (χ4v) is 1.99. The van der Waals surface area contributed by atoms with E-state index >= 15 is 0 Å². The number of nitrogens with one attached hydrogen (secondary N) is 1. The van der Waals surface area contributed by atoms with Gasteiger partial charge in [0.05, 0.1) is 5.56 Å². The van der Waals surface area contributed by atoms with E-state index in [9.17, 15) is 14.7 Å². The molecule has 8 nitrogen and oxygen atoms in total. The number of carbonyl (C=O) groups is 2. The van der Waals surface area contributed by atoms with Crippen LogP contribution in [0.3, 0.4) is 0 Å². The van der Waals surface area contributed by atoms with Crippen LogP contribution in [0.25, 0.3) is 5.76 Å². The zero-order valence-corrected chi connectivity index (χ0v) is 13.0. The molecule has 2 aromatic rings. The van der Waals surface area contributed by atoms with Crippen LogP contribution in [0.2, 0.25) is 0 Å². The molecule has 2 rings (SSSR count). The average molecular weight is 340 g/mol. The Bertz CT molecular complexity index is 817. The highest BCUT2D eigenvalue weighted by Crippen LogP contribution is 2.18. The molecule has 0 atom stereocenters. The zero-order chi connectivity index (χ0) is 18.2. The molecule has 0 unspecified atom stereocenters. The number of aliphatic hydroxyl groups excluding tert-OH is 1. The second-order valence-electron chi connectivity index (χ2n) is 4.75. The maximum absolute atomic E-state index is 12.4. The van der Waals surface area contributed by atoms with Crippen LogP contribution in [0, 0.1) is 0 Å². The Balaban J connectivity index is 2.39. The van der Waals surface area contributed by atoms with Crippen molar-refractivity contribution in [3.63, 3.8) is 0 Å². The Morgan fingerprint density at radius 3 is 1.96 bits per heavy atom. The lowest BCUT2D eigenvalue weighted by Crippen LogP contribution is -2.37. The Labute approximate surface area is 143 Å². The van der Waals surface area contributed by atoms with E-state index in [1.54, 1.807) is 48.5 Å². The SMILES string of the molecule is N/N=C(NN)/C(C(=O)OC(=O)c1ccccc1)=C(/O)c1ccccc1. The zero-order valence-electron chi connectivity index (χ0n) is 13.0. The molecule has 6 N–H and O–H groups in total. The summed E-state index contributed by atoms with van der Waals surface area (Å²) in [6.45, 7) is 0. The number of esters is 2. The number of hydrazone groups is 1. The highest BCUT2D eigenvalue weighted by molar-refractivity contribution is 6.24. The number of nitrogens with two attached hydrogens (primary N) is 2. The fraction of sp³-hybridized carbons (Fsp3) is 0. The number of nitrogens with zero attached hydrogens (tertiary/aromatic N) is 1. The quantitative estimate of drug-likeness (QED) is 0.0954. The summed E-state index contributed by atoms with van der Waals surface area (Å²) in [6.07, 6.45) is 0. The van der Waals surface area contributed by atoms with Gasteiger partial charge in [-0.1, -0.05) is 48.5 Å². The molecule has 8 heteroatoms. The smallest absolute Gasteiger partial charge is 0.353 e. The Morgan fingerprint density at radius 2 is 1.48 bits per heavy atom. The van der Waals surface area contributed by atoms with Gasteiger partial charge in [0.1, 0.15) is 11.3 Å². The van der Waals surface area contributed by atoms with E-state index < -0.39 is 23.3 Å². The minimum Gasteiger partial charge on any atom is -0.506 e. The first kappa shape index (κ1) is 17.7. The number of benzene rings is 2. The number of amidine groups is 1. The van der Waals surface area contributed by atoms with Gasteiger partial charge in [-0.05, 0) is 12.1 Å². The molecular weight excluding hydrogens is 324 g/mol. The van der Waals surface area contributed by atoms with Crippen LogP contribution in [0.1, 0.15) is 15.9 Å². The molecule has 0 aliphatic heterocycles. The highest BCUT2D eigenvalue weighted by atomic mass is 16.6. The maximum Gasteiger partial charge on any atom is 0.353 e. The molecule has 0 heterocycles. The first-order valence-corrected chi connectivity index (χ1v) is 7.13. The van der Waals surface area contributed by atoms with Crippen molar-refractivity contribution in [1.29, 1.82) is 0 Å². The van der Waals surface area contributed by atoms with Crippen LogP contribution in [0.5, 0.6) is 0 Å². The van der Waals surface area contributed by atoms with Gasteiger partial charge in [-0.25, -0.2) is 15.4 Å². The monoisotopic (exact) mass is 340 g/mol. The van der Waals surface area contributed by atoms with Crippen LogP contribution in [-0.2, 0) is 9.53 Å². The van der Waals surface area contributed by atoms with Gasteiger partial charge < -0.3 is 21.1 Å². The van der Waals surface area contributed by atoms with Crippen molar-refractivity contribution in [2.45, 2.75) is 0 Å². The molecule has 0 saturated heterocycles. The van der Waals surface area contributed by atoms with Crippen LogP contribution in [0.15, 0.2) is 71.3 Å². The van der Waals surface area contributed by atoms with Crippen molar-refractivity contribution in [1.82, 2.24) is 5.43 Å². The topological polar surface area (TPSA) is 140 Å². The molecule has 0 spiro atoms. The number of rotatable bonds is 4. The van der Waals surface area contributed by atoms with E-state index in [-0.39, 0.29) is 17.0 Å². The normalized spacial score (nSPS) is 12.1. The van der Waals surface area contributed by atoms with Crippen LogP contribution >= 0.6 is 0 Å². The van der Waals surface area contributed by atoms with Gasteiger partial charge in [-0.3, -0.25) is 0 Å². The van der Waals surface area contributed by atoms with Crippen molar-refractivity contribution in [2.75, 3.05) is 0 Å². The van der Waals surface area contributed by atoms with Gasteiger partial charge in [0.15, 0.2) is 5.84 Å². The van der Waals surface area contributed by atoms with E-state index in [1.165, 1.54) is 12.1 Å². The van der Waals surface area contributed by atoms with Crippen molar-refractivity contribution >= 4 is 23.5 Å². The maximum atomic E-state index is 12.4. The number of hydrogen-bond donors (Lipinski definition) is 4. The van der Waals surface area contributed by atoms with Gasteiger partial charge >= 0.3 is 11.9 Å². The molecule has 0 aliphatic carbocycles. The van der Waals surface area contributed by atoms with Crippen LogP contribution < -0.4 is 17.1 Å². The summed E-state index contributed by atoms with van der Waals surface area (Å²) < 4.78 is 4.80. The molecule has 0 aromatic heterocycles. The highest BCUT2D eigenvalue weighted by Gasteiger charge is 2.26. The lowest BCUT2D eigenvalue weighted by molar-refractivity contribution is -0.133. The number of aliphatic hydroxyl groups is 1. The third-order valence-corrected chi connectivity index (χ3v) is 3.19. The van der Waals surface area contributed by atoms with Crippen molar-refractivity contribution in [2.24, 2.45) is 16.8 Å². The summed E-state index contributed by atoms with van der Waals surface area (Å²) >= 11 is 0. The first-order chi connectivity index (χ1) is 12.1. The van der Waals surface area contributed by atoms with E-state index in [2.05, 4.69) is 10.5 Å². The summed E-state index contributed by atoms with van der Waals surface area (Å²) in [5.74, 6) is 7.59. The summed E-state index contributed by atoms with van der Waals surface area (Å²) in [7, 11) is 0. The predicted molar refractivity (Wildman–Crippen MR) is 91.8 cm³/mol. The van der Waals surface area contributed by atoms with Gasteiger partial charge in [-0.2, -0.15) is 5.10 Å². The van der Waals surface area contributed by atoms with Crippen molar-refractivity contribution in [3.8, 4) is 0 Å². The van der Waals surface area contributed by atoms with Crippen LogP contribution in [-0.4, -0.2) is 22.9 Å². The molecule has 0 radical (unpaired) electrons. The standard InChI is InChI=1S/C17H16N4O4/c18-20-15(21-19)13(14(22)11-7-3-1-4-8-11)17(24)25-16(23)12-9-5-2-6-10-12/h1-10,22H,18-19H2,(H,20,21)/b14-13-. The van der Waals surface area contributed by atoms with Crippen molar-refractivity contribution in [3.05, 3.63) is 77.4 Å². The summed E-state index contributed by atoms with van der Waals surface area (Å²) in [4.78, 5) is 24.5. The predicted octanol–water partition coefficient (Wildman–Crippen LogP) is 1.07. The number of hydrazine groups is 1. The van der Waals surface area contributed by atoms with E-state index in [0.29, 0.717) is 0 Å². The molecular formula is C17H16N4O4. The lowest BCUT2D eigenvalue weighted by Gasteiger charge is -2.11. The minimum absolute atomic E-state index is 0.168. The first-order valence-electron chi connectivity index (χ1n) is 7.13. The van der Waals surface area contributed by atoms with Gasteiger partial charge in [0, 0.05) is 5.56 Å². The Kier molecular flexibility index (Phi) is 5.86. The average Bonchev–Trinajstić information content (AvgIpc) is 2.66. The molecule has 25 heavy (non-hydrogen) atoms. The van der Waals surface area contributed by atoms with E-state index in [0.717, 1.165) is 0 Å². The minimum atomic E-state index is -1.16. The number of carbonyl (C=O) groups excluding carboxylic acids is 2. The van der Waals surface area contributed by atoms with Gasteiger partial charge in [-0.15, -0.1) is 0 Å². The molecule has 128 valence electrons. The second kappa shape index (κ2) is 8.27. The third kappa shape index (κ3) is 4.21. The van der Waals surface area contributed by atoms with E-state index in [4.69, 9.17) is 16.4 Å². The lowest BCUT2D eigenvalue weighted by atomic mass is 10.1. The Morgan fingerprint density at radius 1 is 0.960 bits per heavy atom. The summed E-state index contributed by atoms with van der Waals surface area (Å²) in [5.41, 5.74) is 2.08. The Hall–Kier alpha value is -3.65. The van der Waals surface area contributed by atoms with Gasteiger partial charge in [0.25, 0.3) is 0 Å². The van der Waals surface area contributed by atoms with Crippen LogP contribution in [0.4, 0.5) is 0 Å². The largest absolute Gasteiger partial charge is 0.506 e. The summed E-state index contributed by atoms with van der Waals surface area (Å²) in [5, 5.41) is 13.7. The van der Waals surface area contributed by atoms with E-state index in [1.807, 2.05) is 0 Å². The fourth-order valence-electron chi connectivity index (χ4n) is 1.99.